The summed E-state index contributed by atoms with van der Waals surface area (Å²) in [5.41, 5.74) is 7.19. The molecule has 0 unspecified atom stereocenters. The zero-order chi connectivity index (χ0) is 20.5. The van der Waals surface area contributed by atoms with Crippen molar-refractivity contribution in [2.24, 2.45) is 17.6 Å². The van der Waals surface area contributed by atoms with Gasteiger partial charge < -0.3 is 16.2 Å². The first-order chi connectivity index (χ1) is 13.4. The van der Waals surface area contributed by atoms with Gasteiger partial charge in [0, 0.05) is 11.5 Å². The fourth-order valence-electron chi connectivity index (χ4n) is 4.03. The van der Waals surface area contributed by atoms with Crippen LogP contribution >= 0.6 is 0 Å². The number of hydrogen-bond donors (Lipinski definition) is 4. The van der Waals surface area contributed by atoms with Crippen molar-refractivity contribution in [3.8, 4) is 0 Å². The third kappa shape index (κ3) is 6.36. The van der Waals surface area contributed by atoms with E-state index in [2.05, 4.69) is 5.32 Å². The average Bonchev–Trinajstić information content (AvgIpc) is 2.69. The van der Waals surface area contributed by atoms with Crippen LogP contribution in [0.15, 0.2) is 24.3 Å². The van der Waals surface area contributed by atoms with E-state index in [1.807, 2.05) is 19.1 Å². The maximum atomic E-state index is 13.1. The molecule has 0 spiro atoms. The van der Waals surface area contributed by atoms with Gasteiger partial charge in [0.1, 0.15) is 11.9 Å². The van der Waals surface area contributed by atoms with E-state index < -0.39 is 12.0 Å². The van der Waals surface area contributed by atoms with Crippen LogP contribution in [0.2, 0.25) is 0 Å². The molecule has 2 rings (SSSR count). The second-order valence-electron chi connectivity index (χ2n) is 7.86. The molecule has 1 aromatic carbocycles. The number of aliphatic carboxylic acids is 1. The van der Waals surface area contributed by atoms with Crippen molar-refractivity contribution in [3.05, 3.63) is 35.4 Å². The molecule has 154 valence electrons. The van der Waals surface area contributed by atoms with E-state index in [1.165, 1.54) is 6.42 Å². The monoisotopic (exact) mass is 387 g/mol. The van der Waals surface area contributed by atoms with Crippen LogP contribution in [0.3, 0.4) is 0 Å². The first-order valence-corrected chi connectivity index (χ1v) is 10.4. The van der Waals surface area contributed by atoms with E-state index in [0.717, 1.165) is 44.1 Å². The lowest BCUT2D eigenvalue weighted by atomic mass is 9.76. The highest BCUT2D eigenvalue weighted by atomic mass is 16.4. The number of carbonyl (C=O) groups is 2. The minimum atomic E-state index is -0.963. The highest BCUT2D eigenvalue weighted by Gasteiger charge is 2.32. The molecule has 2 atom stereocenters. The van der Waals surface area contributed by atoms with Crippen molar-refractivity contribution in [3.63, 3.8) is 0 Å². The Labute approximate surface area is 167 Å². The molecular weight excluding hydrogens is 354 g/mol. The largest absolute Gasteiger partial charge is 0.480 e. The standard InChI is InChI=1S/C22H33N3O3/c1-2-3-9-19(22(27)28)25-21(26)18(16-7-5-4-6-8-16)14-15-10-12-17(13-11-15)20(23)24/h10-13,16,18-19H,2-9,14H2,1H3,(H3,23,24)(H,25,26)(H,27,28)/t18-,19-/m0/s1. The molecule has 1 amide bonds. The van der Waals surface area contributed by atoms with Gasteiger partial charge in [0.2, 0.25) is 5.91 Å². The van der Waals surface area contributed by atoms with Crippen LogP contribution < -0.4 is 11.1 Å². The molecule has 1 aromatic rings. The second kappa shape index (κ2) is 10.8. The maximum Gasteiger partial charge on any atom is 0.326 e. The third-order valence-electron chi connectivity index (χ3n) is 5.74. The molecule has 0 heterocycles. The number of nitrogens with two attached hydrogens (primary N) is 1. The number of rotatable bonds is 10. The number of nitrogen functional groups attached to an aromatic ring is 1. The molecule has 1 fully saturated rings. The number of hydrogen-bond acceptors (Lipinski definition) is 3. The van der Waals surface area contributed by atoms with Crippen LogP contribution in [0, 0.1) is 17.2 Å². The van der Waals surface area contributed by atoms with Crippen molar-refractivity contribution in [2.45, 2.75) is 70.8 Å². The lowest BCUT2D eigenvalue weighted by molar-refractivity contribution is -0.143. The second-order valence-corrected chi connectivity index (χ2v) is 7.86. The van der Waals surface area contributed by atoms with E-state index in [1.54, 1.807) is 12.1 Å². The quantitative estimate of drug-likeness (QED) is 0.363. The Morgan fingerprint density at radius 1 is 1.21 bits per heavy atom. The van der Waals surface area contributed by atoms with Gasteiger partial charge in [0.05, 0.1) is 0 Å². The Kier molecular flexibility index (Phi) is 8.48. The Bertz CT molecular complexity index is 666. The summed E-state index contributed by atoms with van der Waals surface area (Å²) < 4.78 is 0. The number of amidine groups is 1. The van der Waals surface area contributed by atoms with Gasteiger partial charge in [-0.1, -0.05) is 63.3 Å². The maximum absolute atomic E-state index is 13.1. The topological polar surface area (TPSA) is 116 Å². The van der Waals surface area contributed by atoms with Crippen LogP contribution in [0.5, 0.6) is 0 Å². The highest BCUT2D eigenvalue weighted by Crippen LogP contribution is 2.32. The summed E-state index contributed by atoms with van der Waals surface area (Å²) in [5, 5.41) is 19.8. The Morgan fingerprint density at radius 3 is 2.39 bits per heavy atom. The number of carboxylic acid groups (broad SMARTS) is 1. The smallest absolute Gasteiger partial charge is 0.326 e. The van der Waals surface area contributed by atoms with Gasteiger partial charge in [-0.05, 0) is 37.2 Å². The summed E-state index contributed by atoms with van der Waals surface area (Å²) in [6.07, 6.45) is 8.17. The van der Waals surface area contributed by atoms with Gasteiger partial charge in [0.15, 0.2) is 0 Å². The van der Waals surface area contributed by atoms with E-state index in [4.69, 9.17) is 11.1 Å². The lowest BCUT2D eigenvalue weighted by Crippen LogP contribution is -2.46. The van der Waals surface area contributed by atoms with Gasteiger partial charge in [0.25, 0.3) is 0 Å². The molecule has 6 nitrogen and oxygen atoms in total. The number of unbranched alkanes of at least 4 members (excludes halogenated alkanes) is 1. The van der Waals surface area contributed by atoms with E-state index in [9.17, 15) is 14.7 Å². The summed E-state index contributed by atoms with van der Waals surface area (Å²) in [6, 6.07) is 6.60. The molecule has 0 radical (unpaired) electrons. The predicted octanol–water partition coefficient (Wildman–Crippen LogP) is 3.47. The summed E-state index contributed by atoms with van der Waals surface area (Å²) in [7, 11) is 0. The molecule has 1 aliphatic carbocycles. The summed E-state index contributed by atoms with van der Waals surface area (Å²) in [4.78, 5) is 24.6. The summed E-state index contributed by atoms with van der Waals surface area (Å²) in [6.45, 7) is 2.01. The van der Waals surface area contributed by atoms with Gasteiger partial charge in [-0.15, -0.1) is 0 Å². The van der Waals surface area contributed by atoms with Gasteiger partial charge in [-0.2, -0.15) is 0 Å². The van der Waals surface area contributed by atoms with E-state index >= 15 is 0 Å². The van der Waals surface area contributed by atoms with Crippen molar-refractivity contribution < 1.29 is 14.7 Å². The van der Waals surface area contributed by atoms with Crippen LogP contribution in [-0.4, -0.2) is 28.9 Å². The molecule has 6 heteroatoms. The number of amides is 1. The Hall–Kier alpha value is -2.37. The average molecular weight is 388 g/mol. The van der Waals surface area contributed by atoms with Crippen molar-refractivity contribution in [1.82, 2.24) is 5.32 Å². The first-order valence-electron chi connectivity index (χ1n) is 10.4. The summed E-state index contributed by atoms with van der Waals surface area (Å²) >= 11 is 0. The molecule has 0 saturated heterocycles. The van der Waals surface area contributed by atoms with Crippen molar-refractivity contribution in [2.75, 3.05) is 0 Å². The fourth-order valence-corrected chi connectivity index (χ4v) is 4.03. The van der Waals surface area contributed by atoms with Crippen LogP contribution in [0.1, 0.15) is 69.4 Å². The molecule has 1 aliphatic rings. The molecule has 28 heavy (non-hydrogen) atoms. The predicted molar refractivity (Wildman–Crippen MR) is 110 cm³/mol. The van der Waals surface area contributed by atoms with Crippen molar-refractivity contribution in [1.29, 1.82) is 5.41 Å². The molecule has 0 aromatic heterocycles. The third-order valence-corrected chi connectivity index (χ3v) is 5.74. The van der Waals surface area contributed by atoms with Gasteiger partial charge in [-0.3, -0.25) is 10.2 Å². The molecular formula is C22H33N3O3. The molecule has 1 saturated carbocycles. The van der Waals surface area contributed by atoms with E-state index in [-0.39, 0.29) is 23.6 Å². The SMILES string of the molecule is CCCC[C@H](NC(=O)[C@@H](Cc1ccc(C(=N)N)cc1)C1CCCCC1)C(=O)O. The number of benzene rings is 1. The minimum absolute atomic E-state index is 0.0216. The van der Waals surface area contributed by atoms with Gasteiger partial charge >= 0.3 is 5.97 Å². The molecule has 0 bridgehead atoms. The van der Waals surface area contributed by atoms with Crippen LogP contribution in [0.25, 0.3) is 0 Å². The summed E-state index contributed by atoms with van der Waals surface area (Å²) in [5.74, 6) is -1.04. The number of nitrogens with one attached hydrogen (secondary N) is 2. The van der Waals surface area contributed by atoms with Gasteiger partial charge in [-0.25, -0.2) is 4.79 Å². The normalized spacial score (nSPS) is 16.9. The molecule has 0 aliphatic heterocycles. The van der Waals surface area contributed by atoms with Crippen molar-refractivity contribution >= 4 is 17.7 Å². The Balaban J connectivity index is 2.14. The minimum Gasteiger partial charge on any atom is -0.480 e. The zero-order valence-corrected chi connectivity index (χ0v) is 16.7. The number of carbonyl (C=O) groups excluding carboxylic acids is 1. The number of carboxylic acids is 1. The lowest BCUT2D eigenvalue weighted by Gasteiger charge is -2.30. The Morgan fingerprint density at radius 2 is 1.86 bits per heavy atom. The molecule has 5 N–H and O–H groups in total. The zero-order valence-electron chi connectivity index (χ0n) is 16.7. The fraction of sp³-hybridized carbons (Fsp3) is 0.591. The van der Waals surface area contributed by atoms with E-state index in [0.29, 0.717) is 18.4 Å². The van der Waals surface area contributed by atoms with Crippen LogP contribution in [0.4, 0.5) is 0 Å². The highest BCUT2D eigenvalue weighted by molar-refractivity contribution is 5.94. The first kappa shape index (κ1) is 21.9. The van der Waals surface area contributed by atoms with Crippen LogP contribution in [-0.2, 0) is 16.0 Å².